The highest BCUT2D eigenvalue weighted by Crippen LogP contribution is 2.15. The summed E-state index contributed by atoms with van der Waals surface area (Å²) in [5.41, 5.74) is 0.281. The molecular weight excluding hydrogens is 250 g/mol. The van der Waals surface area contributed by atoms with Gasteiger partial charge < -0.3 is 5.32 Å². The normalized spacial score (nSPS) is 14.2. The van der Waals surface area contributed by atoms with Gasteiger partial charge in [0.1, 0.15) is 0 Å². The maximum atomic E-state index is 3.69. The van der Waals surface area contributed by atoms with Crippen LogP contribution >= 0.6 is 15.9 Å². The van der Waals surface area contributed by atoms with Gasteiger partial charge in [-0.15, -0.1) is 0 Å². The van der Waals surface area contributed by atoms with E-state index in [1.165, 1.54) is 38.6 Å². The van der Waals surface area contributed by atoms with Crippen LogP contribution in [0.25, 0.3) is 0 Å². The van der Waals surface area contributed by atoms with E-state index < -0.39 is 0 Å². The number of alkyl halides is 1. The van der Waals surface area contributed by atoms with Crippen molar-refractivity contribution in [1.29, 1.82) is 0 Å². The fourth-order valence-corrected chi connectivity index (χ4v) is 2.68. The van der Waals surface area contributed by atoms with Crippen molar-refractivity contribution in [2.75, 3.05) is 11.9 Å². The number of hydrogen-bond donors (Lipinski definition) is 1. The molecule has 15 heavy (non-hydrogen) atoms. The lowest BCUT2D eigenvalue weighted by Gasteiger charge is -2.28. The van der Waals surface area contributed by atoms with Crippen molar-refractivity contribution >= 4 is 15.9 Å². The molecule has 0 aromatic rings. The van der Waals surface area contributed by atoms with Gasteiger partial charge in [0.05, 0.1) is 0 Å². The molecule has 1 nitrogen and oxygen atoms in total. The number of halogens is 1. The van der Waals surface area contributed by atoms with Crippen LogP contribution in [0.2, 0.25) is 0 Å². The number of unbranched alkanes of at least 4 members (excludes halogenated alkanes) is 1. The van der Waals surface area contributed by atoms with Gasteiger partial charge in [-0.1, -0.05) is 49.0 Å². The van der Waals surface area contributed by atoms with Crippen molar-refractivity contribution in [3.8, 4) is 0 Å². The fraction of sp³-hybridized carbons (Fsp3) is 1.00. The Kier molecular flexibility index (Phi) is 8.83. The van der Waals surface area contributed by atoms with Gasteiger partial charge in [-0.25, -0.2) is 0 Å². The molecule has 0 rings (SSSR count). The highest BCUT2D eigenvalue weighted by Gasteiger charge is 2.17. The molecule has 1 N–H and O–H groups in total. The van der Waals surface area contributed by atoms with Crippen molar-refractivity contribution in [1.82, 2.24) is 5.32 Å². The lowest BCUT2D eigenvalue weighted by molar-refractivity contribution is 0.323. The molecule has 0 aliphatic heterocycles. The molecule has 1 unspecified atom stereocenters. The third-order valence-corrected chi connectivity index (χ3v) is 3.53. The van der Waals surface area contributed by atoms with E-state index in [9.17, 15) is 0 Å². The van der Waals surface area contributed by atoms with E-state index in [0.717, 1.165) is 11.2 Å². The zero-order valence-corrected chi connectivity index (χ0v) is 12.5. The molecule has 92 valence electrons. The van der Waals surface area contributed by atoms with Gasteiger partial charge in [-0.3, -0.25) is 0 Å². The molecule has 0 spiro atoms. The Morgan fingerprint density at radius 2 is 1.93 bits per heavy atom. The van der Waals surface area contributed by atoms with Crippen LogP contribution in [0.4, 0.5) is 0 Å². The van der Waals surface area contributed by atoms with Gasteiger partial charge in [0, 0.05) is 10.9 Å². The Bertz CT molecular complexity index is 145. The van der Waals surface area contributed by atoms with Crippen molar-refractivity contribution in [3.63, 3.8) is 0 Å². The third-order valence-electron chi connectivity index (χ3n) is 3.13. The molecule has 0 aliphatic carbocycles. The van der Waals surface area contributed by atoms with Gasteiger partial charge in [0.2, 0.25) is 0 Å². The second-order valence-corrected chi connectivity index (χ2v) is 5.91. The first-order chi connectivity index (χ1) is 7.05. The fourth-order valence-electron chi connectivity index (χ4n) is 1.69. The number of rotatable bonds is 9. The smallest absolute Gasteiger partial charge is 0.0133 e. The van der Waals surface area contributed by atoms with Crippen molar-refractivity contribution in [3.05, 3.63) is 0 Å². The van der Waals surface area contributed by atoms with Crippen LogP contribution < -0.4 is 5.32 Å². The average Bonchev–Trinajstić information content (AvgIpc) is 2.18. The topological polar surface area (TPSA) is 12.0 Å². The molecule has 0 amide bonds. The number of nitrogens with one attached hydrogen (secondary N) is 1. The van der Waals surface area contributed by atoms with Crippen LogP contribution in [0.5, 0.6) is 0 Å². The standard InChI is InChI=1S/C13H28BrN/c1-5-7-8-12(6-2)11-15-13(3,4)9-10-14/h12,15H,5-11H2,1-4H3. The molecule has 2 heteroatoms. The zero-order chi connectivity index (χ0) is 11.7. The van der Waals surface area contributed by atoms with Crippen LogP contribution in [0.15, 0.2) is 0 Å². The first-order valence-electron chi connectivity index (χ1n) is 6.36. The van der Waals surface area contributed by atoms with E-state index in [4.69, 9.17) is 0 Å². The summed E-state index contributed by atoms with van der Waals surface area (Å²) < 4.78 is 0. The minimum Gasteiger partial charge on any atom is -0.311 e. The average molecular weight is 278 g/mol. The molecule has 0 saturated heterocycles. The van der Waals surface area contributed by atoms with Gasteiger partial charge >= 0.3 is 0 Å². The van der Waals surface area contributed by atoms with Crippen LogP contribution in [-0.2, 0) is 0 Å². The third kappa shape index (κ3) is 8.27. The Morgan fingerprint density at radius 1 is 1.27 bits per heavy atom. The molecule has 0 aromatic carbocycles. The Labute approximate surface area is 105 Å². The monoisotopic (exact) mass is 277 g/mol. The summed E-state index contributed by atoms with van der Waals surface area (Å²) in [6.45, 7) is 10.3. The second kappa shape index (κ2) is 8.58. The summed E-state index contributed by atoms with van der Waals surface area (Å²) in [5, 5.41) is 4.77. The highest BCUT2D eigenvalue weighted by atomic mass is 79.9. The summed E-state index contributed by atoms with van der Waals surface area (Å²) in [6, 6.07) is 0. The molecule has 1 atom stereocenters. The van der Waals surface area contributed by atoms with Crippen LogP contribution in [0, 0.1) is 5.92 Å². The zero-order valence-electron chi connectivity index (χ0n) is 10.9. The first-order valence-corrected chi connectivity index (χ1v) is 7.48. The maximum absolute atomic E-state index is 3.69. The van der Waals surface area contributed by atoms with Crippen LogP contribution in [0.3, 0.4) is 0 Å². The van der Waals surface area contributed by atoms with E-state index in [2.05, 4.69) is 48.9 Å². The van der Waals surface area contributed by atoms with Crippen molar-refractivity contribution < 1.29 is 0 Å². The second-order valence-electron chi connectivity index (χ2n) is 5.12. The summed E-state index contributed by atoms with van der Waals surface area (Å²) in [7, 11) is 0. The minimum absolute atomic E-state index is 0.281. The van der Waals surface area contributed by atoms with Gasteiger partial charge in [0.15, 0.2) is 0 Å². The first kappa shape index (κ1) is 15.4. The Morgan fingerprint density at radius 3 is 2.40 bits per heavy atom. The van der Waals surface area contributed by atoms with E-state index >= 15 is 0 Å². The van der Waals surface area contributed by atoms with E-state index in [1.54, 1.807) is 0 Å². The summed E-state index contributed by atoms with van der Waals surface area (Å²) in [5.74, 6) is 0.861. The Balaban J connectivity index is 3.77. The largest absolute Gasteiger partial charge is 0.311 e. The van der Waals surface area contributed by atoms with Crippen molar-refractivity contribution in [2.24, 2.45) is 5.92 Å². The van der Waals surface area contributed by atoms with E-state index in [1.807, 2.05) is 0 Å². The highest BCUT2D eigenvalue weighted by molar-refractivity contribution is 9.09. The van der Waals surface area contributed by atoms with Crippen LogP contribution in [-0.4, -0.2) is 17.4 Å². The van der Waals surface area contributed by atoms with Gasteiger partial charge in [0.25, 0.3) is 0 Å². The van der Waals surface area contributed by atoms with Gasteiger partial charge in [-0.2, -0.15) is 0 Å². The summed E-state index contributed by atoms with van der Waals surface area (Å²) in [4.78, 5) is 0. The summed E-state index contributed by atoms with van der Waals surface area (Å²) >= 11 is 3.51. The molecule has 0 aliphatic rings. The molecule has 0 radical (unpaired) electrons. The Hall–Kier alpha value is 0.440. The SMILES string of the molecule is CCCCC(CC)CNC(C)(C)CCBr. The van der Waals surface area contributed by atoms with Crippen LogP contribution in [0.1, 0.15) is 59.8 Å². The lowest BCUT2D eigenvalue weighted by Crippen LogP contribution is -2.42. The van der Waals surface area contributed by atoms with E-state index in [0.29, 0.717) is 0 Å². The minimum atomic E-state index is 0.281. The van der Waals surface area contributed by atoms with E-state index in [-0.39, 0.29) is 5.54 Å². The predicted octanol–water partition coefficient (Wildman–Crippen LogP) is 4.36. The van der Waals surface area contributed by atoms with Gasteiger partial charge in [-0.05, 0) is 39.2 Å². The maximum Gasteiger partial charge on any atom is 0.0133 e. The molecular formula is C13H28BrN. The molecule has 0 aromatic heterocycles. The number of hydrogen-bond acceptors (Lipinski definition) is 1. The quantitative estimate of drug-likeness (QED) is 0.618. The van der Waals surface area contributed by atoms with Crippen molar-refractivity contribution in [2.45, 2.75) is 65.3 Å². The predicted molar refractivity (Wildman–Crippen MR) is 73.8 cm³/mol. The lowest BCUT2D eigenvalue weighted by atomic mass is 9.96. The molecule has 0 fully saturated rings. The molecule has 0 bridgehead atoms. The molecule has 0 saturated carbocycles. The summed E-state index contributed by atoms with van der Waals surface area (Å²) in [6.07, 6.45) is 6.57. The molecule has 0 heterocycles.